The van der Waals surface area contributed by atoms with E-state index in [1.54, 1.807) is 31.2 Å². The number of sulfonamides is 1. The Labute approximate surface area is 172 Å². The zero-order valence-electron chi connectivity index (χ0n) is 17.2. The summed E-state index contributed by atoms with van der Waals surface area (Å²) in [6, 6.07) is 13.4. The second-order valence-corrected chi connectivity index (χ2v) is 8.50. The van der Waals surface area contributed by atoms with Gasteiger partial charge in [-0.05, 0) is 55.3 Å². The third-order valence-corrected chi connectivity index (χ3v) is 6.08. The molecule has 0 aromatic heterocycles. The Morgan fingerprint density at radius 3 is 2.21 bits per heavy atom. The van der Waals surface area contributed by atoms with Gasteiger partial charge in [-0.3, -0.25) is 4.79 Å². The summed E-state index contributed by atoms with van der Waals surface area (Å²) >= 11 is 0. The zero-order valence-corrected chi connectivity index (χ0v) is 18.0. The number of benzene rings is 2. The van der Waals surface area contributed by atoms with Gasteiger partial charge in [0.25, 0.3) is 5.91 Å². The summed E-state index contributed by atoms with van der Waals surface area (Å²) in [5.74, 6) is 1.01. The zero-order chi connectivity index (χ0) is 21.4. The minimum atomic E-state index is -3.56. The molecular weight excluding hydrogens is 392 g/mol. The van der Waals surface area contributed by atoms with Crippen LogP contribution in [0.1, 0.15) is 25.8 Å². The monoisotopic (exact) mass is 420 g/mol. The van der Waals surface area contributed by atoms with Crippen molar-refractivity contribution in [2.45, 2.75) is 37.8 Å². The molecule has 0 fully saturated rings. The third-order valence-electron chi connectivity index (χ3n) is 4.47. The molecule has 1 amide bonds. The predicted octanol–water partition coefficient (Wildman–Crippen LogP) is 2.81. The minimum Gasteiger partial charge on any atom is -0.497 e. The van der Waals surface area contributed by atoms with Gasteiger partial charge in [-0.1, -0.05) is 19.1 Å². The molecule has 0 saturated carbocycles. The lowest BCUT2D eigenvalue weighted by molar-refractivity contribution is -0.132. The lowest BCUT2D eigenvalue weighted by Gasteiger charge is -2.18. The van der Waals surface area contributed by atoms with Gasteiger partial charge in [0.05, 0.1) is 12.0 Å². The molecule has 0 aliphatic heterocycles. The standard InChI is InChI=1S/C21H28N2O5S/c1-5-16(2)22-29(25,26)20-12-10-19(11-13-20)28-15-21(24)23(3)14-17-6-8-18(27-4)9-7-17/h6-13,16,22H,5,14-15H2,1-4H3. The van der Waals surface area contributed by atoms with Gasteiger partial charge >= 0.3 is 0 Å². The van der Waals surface area contributed by atoms with Crippen molar-refractivity contribution < 1.29 is 22.7 Å². The van der Waals surface area contributed by atoms with E-state index in [4.69, 9.17) is 9.47 Å². The first-order valence-electron chi connectivity index (χ1n) is 9.37. The Morgan fingerprint density at radius 1 is 1.07 bits per heavy atom. The smallest absolute Gasteiger partial charge is 0.260 e. The van der Waals surface area contributed by atoms with Crippen molar-refractivity contribution in [2.24, 2.45) is 0 Å². The van der Waals surface area contributed by atoms with Crippen molar-refractivity contribution >= 4 is 15.9 Å². The highest BCUT2D eigenvalue weighted by Crippen LogP contribution is 2.17. The van der Waals surface area contributed by atoms with Crippen molar-refractivity contribution in [2.75, 3.05) is 20.8 Å². The van der Waals surface area contributed by atoms with E-state index in [1.807, 2.05) is 38.1 Å². The number of likely N-dealkylation sites (N-methyl/N-ethyl adjacent to an activating group) is 1. The van der Waals surface area contributed by atoms with Gasteiger partial charge < -0.3 is 14.4 Å². The van der Waals surface area contributed by atoms with E-state index in [2.05, 4.69) is 4.72 Å². The second kappa shape index (κ2) is 10.3. The highest BCUT2D eigenvalue weighted by Gasteiger charge is 2.17. The van der Waals surface area contributed by atoms with E-state index in [0.29, 0.717) is 18.7 Å². The molecule has 158 valence electrons. The molecule has 0 saturated heterocycles. The maximum atomic E-state index is 12.3. The van der Waals surface area contributed by atoms with Crippen LogP contribution in [0.5, 0.6) is 11.5 Å². The highest BCUT2D eigenvalue weighted by molar-refractivity contribution is 7.89. The fraction of sp³-hybridized carbons (Fsp3) is 0.381. The minimum absolute atomic E-state index is 0.135. The molecule has 0 bridgehead atoms. The average molecular weight is 421 g/mol. The van der Waals surface area contributed by atoms with Crippen LogP contribution in [-0.2, 0) is 21.4 Å². The molecule has 1 N–H and O–H groups in total. The molecule has 29 heavy (non-hydrogen) atoms. The van der Waals surface area contributed by atoms with Crippen LogP contribution in [-0.4, -0.2) is 46.0 Å². The Hall–Kier alpha value is -2.58. The first-order chi connectivity index (χ1) is 13.7. The second-order valence-electron chi connectivity index (χ2n) is 6.79. The number of amides is 1. The van der Waals surface area contributed by atoms with E-state index in [-0.39, 0.29) is 23.5 Å². The summed E-state index contributed by atoms with van der Waals surface area (Å²) < 4.78 is 37.8. The first kappa shape index (κ1) is 22.7. The van der Waals surface area contributed by atoms with E-state index in [9.17, 15) is 13.2 Å². The Bertz CT molecular complexity index is 896. The molecule has 2 rings (SSSR count). The number of carbonyl (C=O) groups excluding carboxylic acids is 1. The van der Waals surface area contributed by atoms with Gasteiger partial charge in [0.1, 0.15) is 11.5 Å². The van der Waals surface area contributed by atoms with Crippen LogP contribution >= 0.6 is 0 Å². The van der Waals surface area contributed by atoms with E-state index >= 15 is 0 Å². The Balaban J connectivity index is 1.89. The van der Waals surface area contributed by atoms with Gasteiger partial charge in [0, 0.05) is 19.6 Å². The molecule has 1 atom stereocenters. The number of nitrogens with one attached hydrogen (secondary N) is 1. The molecule has 0 aliphatic rings. The SMILES string of the molecule is CCC(C)NS(=O)(=O)c1ccc(OCC(=O)N(C)Cc2ccc(OC)cc2)cc1. The van der Waals surface area contributed by atoms with Crippen molar-refractivity contribution in [3.05, 3.63) is 54.1 Å². The lowest BCUT2D eigenvalue weighted by atomic mass is 10.2. The van der Waals surface area contributed by atoms with Crippen LogP contribution in [0, 0.1) is 0 Å². The van der Waals surface area contributed by atoms with Crippen molar-refractivity contribution in [1.82, 2.24) is 9.62 Å². The van der Waals surface area contributed by atoms with Crippen LogP contribution in [0.25, 0.3) is 0 Å². The third kappa shape index (κ3) is 6.76. The molecule has 1 unspecified atom stereocenters. The molecular formula is C21H28N2O5S. The number of rotatable bonds is 10. The quantitative estimate of drug-likeness (QED) is 0.639. The molecule has 0 spiro atoms. The average Bonchev–Trinajstić information content (AvgIpc) is 2.72. The number of hydrogen-bond donors (Lipinski definition) is 1. The lowest BCUT2D eigenvalue weighted by Crippen LogP contribution is -2.32. The Morgan fingerprint density at radius 2 is 1.66 bits per heavy atom. The molecule has 2 aromatic carbocycles. The number of carbonyl (C=O) groups is 1. The van der Waals surface area contributed by atoms with Gasteiger partial charge in [-0.25, -0.2) is 13.1 Å². The highest BCUT2D eigenvalue weighted by atomic mass is 32.2. The van der Waals surface area contributed by atoms with Gasteiger partial charge in [0.2, 0.25) is 10.0 Å². The maximum Gasteiger partial charge on any atom is 0.260 e. The van der Waals surface area contributed by atoms with Crippen LogP contribution in [0.3, 0.4) is 0 Å². The maximum absolute atomic E-state index is 12.3. The molecule has 2 aromatic rings. The predicted molar refractivity (Wildman–Crippen MR) is 111 cm³/mol. The van der Waals surface area contributed by atoms with E-state index in [1.165, 1.54) is 12.1 Å². The summed E-state index contributed by atoms with van der Waals surface area (Å²) in [7, 11) is -0.259. The van der Waals surface area contributed by atoms with Crippen molar-refractivity contribution in [3.63, 3.8) is 0 Å². The summed E-state index contributed by atoms with van der Waals surface area (Å²) in [6.07, 6.45) is 0.701. The molecule has 7 nitrogen and oxygen atoms in total. The summed E-state index contributed by atoms with van der Waals surface area (Å²) in [6.45, 7) is 4.03. The number of nitrogens with zero attached hydrogens (tertiary/aromatic N) is 1. The number of methoxy groups -OCH3 is 1. The number of ether oxygens (including phenoxy) is 2. The fourth-order valence-electron chi connectivity index (χ4n) is 2.48. The first-order valence-corrected chi connectivity index (χ1v) is 10.9. The van der Waals surface area contributed by atoms with E-state index in [0.717, 1.165) is 11.3 Å². The normalized spacial score (nSPS) is 12.3. The topological polar surface area (TPSA) is 84.9 Å². The molecule has 0 heterocycles. The van der Waals surface area contributed by atoms with E-state index < -0.39 is 10.0 Å². The van der Waals surface area contributed by atoms with Gasteiger partial charge in [-0.2, -0.15) is 0 Å². The van der Waals surface area contributed by atoms with Crippen LogP contribution in [0.2, 0.25) is 0 Å². The molecule has 0 aliphatic carbocycles. The molecule has 8 heteroatoms. The molecule has 0 radical (unpaired) electrons. The van der Waals surface area contributed by atoms with Crippen molar-refractivity contribution in [3.8, 4) is 11.5 Å². The van der Waals surface area contributed by atoms with Gasteiger partial charge in [-0.15, -0.1) is 0 Å². The van der Waals surface area contributed by atoms with Gasteiger partial charge in [0.15, 0.2) is 6.61 Å². The largest absolute Gasteiger partial charge is 0.497 e. The summed E-state index contributed by atoms with van der Waals surface area (Å²) in [5.41, 5.74) is 0.977. The summed E-state index contributed by atoms with van der Waals surface area (Å²) in [5, 5.41) is 0. The Kier molecular flexibility index (Phi) is 8.04. The van der Waals surface area contributed by atoms with Crippen LogP contribution < -0.4 is 14.2 Å². The van der Waals surface area contributed by atoms with Crippen molar-refractivity contribution in [1.29, 1.82) is 0 Å². The number of hydrogen-bond acceptors (Lipinski definition) is 5. The van der Waals surface area contributed by atoms with Crippen LogP contribution in [0.15, 0.2) is 53.4 Å². The van der Waals surface area contributed by atoms with Crippen LogP contribution in [0.4, 0.5) is 0 Å². The fourth-order valence-corrected chi connectivity index (χ4v) is 3.81. The summed E-state index contributed by atoms with van der Waals surface area (Å²) in [4.78, 5) is 14.0.